The molecule has 0 fully saturated rings. The molecule has 3 heteroatoms. The Morgan fingerprint density at radius 3 is 1.33 bits per heavy atom. The molecule has 0 unspecified atom stereocenters. The van der Waals surface area contributed by atoms with Crippen molar-refractivity contribution >= 4 is 0 Å². The molecule has 0 saturated carbocycles. The van der Waals surface area contributed by atoms with Crippen molar-refractivity contribution in [1.82, 2.24) is 4.98 Å². The summed E-state index contributed by atoms with van der Waals surface area (Å²) in [5.41, 5.74) is 0. The van der Waals surface area contributed by atoms with E-state index in [1.807, 2.05) is 6.20 Å². The SMILES string of the molecule is CCCCCCCCCC.CCCCCCCCCC[n+]1cc[nH]c1C.[Cl-]. The molecule has 2 nitrogen and oxygen atoms in total. The number of hydrogen-bond donors (Lipinski definition) is 1. The quantitative estimate of drug-likeness (QED) is 0.300. The molecule has 0 aliphatic carbocycles. The number of hydrogen-bond acceptors (Lipinski definition) is 0. The lowest BCUT2D eigenvalue weighted by atomic mass is 10.1. The van der Waals surface area contributed by atoms with E-state index in [1.165, 1.54) is 115 Å². The number of nitrogens with zero attached hydrogens (tertiary/aromatic N) is 1. The average molecular weight is 401 g/mol. The van der Waals surface area contributed by atoms with Crippen LogP contribution >= 0.6 is 0 Å². The van der Waals surface area contributed by atoms with Crippen molar-refractivity contribution in [2.45, 2.75) is 137 Å². The minimum Gasteiger partial charge on any atom is -1.00 e. The highest BCUT2D eigenvalue weighted by molar-refractivity contribution is 4.70. The van der Waals surface area contributed by atoms with Crippen LogP contribution in [0.1, 0.15) is 129 Å². The van der Waals surface area contributed by atoms with Gasteiger partial charge in [-0.05, 0) is 12.8 Å². The van der Waals surface area contributed by atoms with Gasteiger partial charge >= 0.3 is 0 Å². The van der Waals surface area contributed by atoms with Gasteiger partial charge in [0.05, 0.1) is 6.54 Å². The van der Waals surface area contributed by atoms with Gasteiger partial charge in [-0.1, -0.05) is 111 Å². The topological polar surface area (TPSA) is 19.7 Å². The molecule has 162 valence electrons. The molecule has 1 aromatic rings. The first-order valence-corrected chi connectivity index (χ1v) is 11.8. The largest absolute Gasteiger partial charge is 1.00 e. The summed E-state index contributed by atoms with van der Waals surface area (Å²) >= 11 is 0. The van der Waals surface area contributed by atoms with Crippen LogP contribution in [0.2, 0.25) is 0 Å². The molecular weight excluding hydrogens is 352 g/mol. The van der Waals surface area contributed by atoms with Gasteiger partial charge in [0.15, 0.2) is 0 Å². The van der Waals surface area contributed by atoms with Crippen molar-refractivity contribution in [2.24, 2.45) is 0 Å². The minimum absolute atomic E-state index is 0. The molecule has 27 heavy (non-hydrogen) atoms. The summed E-state index contributed by atoms with van der Waals surface area (Å²) in [6.07, 6.45) is 26.8. The van der Waals surface area contributed by atoms with Crippen LogP contribution in [0.5, 0.6) is 0 Å². The van der Waals surface area contributed by atoms with Gasteiger partial charge in [-0.15, -0.1) is 0 Å². The number of unbranched alkanes of at least 4 members (excludes halogenated alkanes) is 14. The lowest BCUT2D eigenvalue weighted by Gasteiger charge is -2.01. The molecule has 0 amide bonds. The Bertz CT molecular complexity index is 368. The van der Waals surface area contributed by atoms with Gasteiger partial charge in [0.2, 0.25) is 0 Å². The summed E-state index contributed by atoms with van der Waals surface area (Å²) in [5, 5.41) is 0. The number of H-pyrrole nitrogens is 1. The van der Waals surface area contributed by atoms with Gasteiger partial charge < -0.3 is 12.4 Å². The van der Waals surface area contributed by atoms with E-state index in [0.717, 1.165) is 0 Å². The monoisotopic (exact) mass is 400 g/mol. The summed E-state index contributed by atoms with van der Waals surface area (Å²) in [4.78, 5) is 3.21. The highest BCUT2D eigenvalue weighted by atomic mass is 35.5. The first kappa shape index (κ1) is 28.7. The first-order valence-electron chi connectivity index (χ1n) is 11.8. The van der Waals surface area contributed by atoms with Crippen molar-refractivity contribution in [3.63, 3.8) is 0 Å². The van der Waals surface area contributed by atoms with Gasteiger partial charge in [0.1, 0.15) is 12.4 Å². The van der Waals surface area contributed by atoms with E-state index in [2.05, 4.69) is 43.4 Å². The van der Waals surface area contributed by atoms with Crippen LogP contribution in [0, 0.1) is 6.92 Å². The Morgan fingerprint density at radius 2 is 1.00 bits per heavy atom. The Balaban J connectivity index is 0. The number of nitrogens with one attached hydrogen (secondary N) is 1. The van der Waals surface area contributed by atoms with Gasteiger partial charge in [-0.2, -0.15) is 0 Å². The zero-order chi connectivity index (χ0) is 19.3. The number of aromatic nitrogens is 2. The smallest absolute Gasteiger partial charge is 0.251 e. The van der Waals surface area contributed by atoms with Crippen molar-refractivity contribution in [1.29, 1.82) is 0 Å². The Labute approximate surface area is 177 Å². The standard InChI is InChI=1S/C14H26N2.C10H22.ClH/c1-3-4-5-6-7-8-9-10-12-16-13-11-15-14(16)2;1-3-5-7-9-10-8-6-4-2;/h11,13H,3-10,12H2,1-2H3;3-10H2,1-2H3;1H. The summed E-state index contributed by atoms with van der Waals surface area (Å²) in [6.45, 7) is 10.1. The van der Waals surface area contributed by atoms with E-state index in [4.69, 9.17) is 0 Å². The molecule has 0 spiro atoms. The second-order valence-electron chi connectivity index (χ2n) is 7.84. The molecule has 0 atom stereocenters. The average Bonchev–Trinajstić information content (AvgIpc) is 3.06. The number of aromatic amines is 1. The molecule has 1 rings (SSSR count). The Kier molecular flexibility index (Phi) is 25.0. The van der Waals surface area contributed by atoms with Gasteiger partial charge in [0.25, 0.3) is 5.82 Å². The molecule has 0 saturated heterocycles. The molecule has 0 aliphatic heterocycles. The summed E-state index contributed by atoms with van der Waals surface area (Å²) in [6, 6.07) is 0. The number of halogens is 1. The fraction of sp³-hybridized carbons (Fsp3) is 0.875. The third kappa shape index (κ3) is 20.1. The van der Waals surface area contributed by atoms with Crippen LogP contribution < -0.4 is 17.0 Å². The summed E-state index contributed by atoms with van der Waals surface area (Å²) in [5.74, 6) is 1.27. The number of imidazole rings is 1. The fourth-order valence-electron chi connectivity index (χ4n) is 3.31. The highest BCUT2D eigenvalue weighted by Crippen LogP contribution is 2.08. The van der Waals surface area contributed by atoms with Gasteiger partial charge in [-0.25, -0.2) is 9.55 Å². The predicted octanol–water partition coefficient (Wildman–Crippen LogP) is 4.90. The van der Waals surface area contributed by atoms with Crippen LogP contribution in [-0.2, 0) is 6.54 Å². The van der Waals surface area contributed by atoms with Crippen molar-refractivity contribution < 1.29 is 17.0 Å². The maximum Gasteiger partial charge on any atom is 0.251 e. The molecule has 1 aromatic heterocycles. The molecule has 0 aromatic carbocycles. The zero-order valence-corrected chi connectivity index (χ0v) is 19.8. The summed E-state index contributed by atoms with van der Waals surface area (Å²) < 4.78 is 2.30. The van der Waals surface area contributed by atoms with Crippen molar-refractivity contribution in [3.8, 4) is 0 Å². The van der Waals surface area contributed by atoms with E-state index >= 15 is 0 Å². The van der Waals surface area contributed by atoms with Crippen LogP contribution in [0.3, 0.4) is 0 Å². The van der Waals surface area contributed by atoms with Crippen LogP contribution in [0.15, 0.2) is 12.4 Å². The number of rotatable bonds is 16. The zero-order valence-electron chi connectivity index (χ0n) is 19.0. The van der Waals surface area contributed by atoms with Crippen molar-refractivity contribution in [2.75, 3.05) is 0 Å². The van der Waals surface area contributed by atoms with Gasteiger partial charge in [-0.3, -0.25) is 0 Å². The molecule has 0 radical (unpaired) electrons. The second-order valence-corrected chi connectivity index (χ2v) is 7.84. The maximum atomic E-state index is 3.21. The fourth-order valence-corrected chi connectivity index (χ4v) is 3.31. The van der Waals surface area contributed by atoms with Crippen molar-refractivity contribution in [3.05, 3.63) is 18.2 Å². The molecule has 0 bridgehead atoms. The highest BCUT2D eigenvalue weighted by Gasteiger charge is 2.02. The third-order valence-electron chi connectivity index (χ3n) is 5.19. The van der Waals surface area contributed by atoms with E-state index in [-0.39, 0.29) is 12.4 Å². The van der Waals surface area contributed by atoms with E-state index in [9.17, 15) is 0 Å². The van der Waals surface area contributed by atoms with Crippen LogP contribution in [-0.4, -0.2) is 4.98 Å². The number of aryl methyl sites for hydroxylation is 2. The molecule has 1 heterocycles. The molecule has 0 aliphatic rings. The van der Waals surface area contributed by atoms with Crippen LogP contribution in [0.25, 0.3) is 0 Å². The van der Waals surface area contributed by atoms with E-state index in [1.54, 1.807) is 0 Å². The molecule has 1 N–H and O–H groups in total. The van der Waals surface area contributed by atoms with Crippen LogP contribution in [0.4, 0.5) is 0 Å². The first-order chi connectivity index (χ1) is 12.8. The Hall–Kier alpha value is -0.500. The van der Waals surface area contributed by atoms with E-state index in [0.29, 0.717) is 0 Å². The predicted molar refractivity (Wildman–Crippen MR) is 117 cm³/mol. The lowest BCUT2D eigenvalue weighted by molar-refractivity contribution is -0.702. The minimum atomic E-state index is 0. The molecular formula is C24H49ClN2. The van der Waals surface area contributed by atoms with E-state index < -0.39 is 0 Å². The second kappa shape index (κ2) is 23.5. The third-order valence-corrected chi connectivity index (χ3v) is 5.19. The summed E-state index contributed by atoms with van der Waals surface area (Å²) in [7, 11) is 0. The Morgan fingerprint density at radius 1 is 0.630 bits per heavy atom. The normalized spacial score (nSPS) is 10.2. The lowest BCUT2D eigenvalue weighted by Crippen LogP contribution is -3.00. The maximum absolute atomic E-state index is 3.21. The van der Waals surface area contributed by atoms with Gasteiger partial charge in [0, 0.05) is 6.92 Å².